The van der Waals surface area contributed by atoms with Crippen molar-refractivity contribution in [3.05, 3.63) is 34.4 Å². The Morgan fingerprint density at radius 3 is 2.60 bits per heavy atom. The van der Waals surface area contributed by atoms with E-state index >= 15 is 0 Å². The lowest BCUT2D eigenvalue weighted by Gasteiger charge is -2.08. The van der Waals surface area contributed by atoms with Crippen molar-refractivity contribution in [1.82, 2.24) is 19.6 Å². The molecule has 0 saturated heterocycles. The second-order valence-corrected chi connectivity index (χ2v) is 4.80. The van der Waals surface area contributed by atoms with Crippen LogP contribution in [-0.4, -0.2) is 32.1 Å². The van der Waals surface area contributed by atoms with E-state index in [1.807, 2.05) is 32.5 Å². The van der Waals surface area contributed by atoms with E-state index in [2.05, 4.69) is 10.2 Å². The van der Waals surface area contributed by atoms with Crippen LogP contribution >= 0.6 is 0 Å². The van der Waals surface area contributed by atoms with Gasteiger partial charge in [0.2, 0.25) is 0 Å². The first-order valence-corrected chi connectivity index (χ1v) is 6.64. The van der Waals surface area contributed by atoms with Gasteiger partial charge in [-0.05, 0) is 33.3 Å². The van der Waals surface area contributed by atoms with E-state index in [0.29, 0.717) is 18.7 Å². The Labute approximate surface area is 118 Å². The zero-order chi connectivity index (χ0) is 14.9. The summed E-state index contributed by atoms with van der Waals surface area (Å²) in [5, 5.41) is 8.65. The number of carbonyl (C=O) groups is 1. The zero-order valence-corrected chi connectivity index (χ0v) is 12.6. The molecule has 0 N–H and O–H groups in total. The first kappa shape index (κ1) is 14.3. The molecule has 0 aliphatic heterocycles. The molecule has 0 bridgehead atoms. The highest BCUT2D eigenvalue weighted by molar-refractivity contribution is 5.90. The summed E-state index contributed by atoms with van der Waals surface area (Å²) in [5.74, 6) is -0.339. The average molecular weight is 276 g/mol. The van der Waals surface area contributed by atoms with Gasteiger partial charge in [-0.2, -0.15) is 10.2 Å². The number of hydrogen-bond acceptors (Lipinski definition) is 4. The Bertz CT molecular complexity index is 640. The SMILES string of the molecule is CCOC(=O)c1cnn(C)c1Cn1nc(C)c(C)c1C. The van der Waals surface area contributed by atoms with E-state index in [9.17, 15) is 4.79 Å². The summed E-state index contributed by atoms with van der Waals surface area (Å²) in [6.45, 7) is 8.70. The van der Waals surface area contributed by atoms with Crippen LogP contribution in [0.2, 0.25) is 0 Å². The van der Waals surface area contributed by atoms with Crippen molar-refractivity contribution in [1.29, 1.82) is 0 Å². The van der Waals surface area contributed by atoms with Gasteiger partial charge in [0.25, 0.3) is 0 Å². The van der Waals surface area contributed by atoms with Gasteiger partial charge >= 0.3 is 5.97 Å². The lowest BCUT2D eigenvalue weighted by molar-refractivity contribution is 0.0524. The standard InChI is InChI=1S/C14H20N4O2/c1-6-20-14(19)12-7-15-17(5)13(12)8-18-11(4)9(2)10(3)16-18/h7H,6,8H2,1-5H3. The number of rotatable bonds is 4. The molecule has 0 aromatic carbocycles. The quantitative estimate of drug-likeness (QED) is 0.798. The fourth-order valence-corrected chi connectivity index (χ4v) is 2.11. The van der Waals surface area contributed by atoms with Gasteiger partial charge in [0.1, 0.15) is 5.56 Å². The number of aromatic nitrogens is 4. The van der Waals surface area contributed by atoms with E-state index in [-0.39, 0.29) is 5.97 Å². The molecule has 0 amide bonds. The highest BCUT2D eigenvalue weighted by atomic mass is 16.5. The van der Waals surface area contributed by atoms with E-state index in [4.69, 9.17) is 4.74 Å². The second kappa shape index (κ2) is 5.48. The molecule has 0 unspecified atom stereocenters. The van der Waals surface area contributed by atoms with E-state index in [1.165, 1.54) is 5.56 Å². The summed E-state index contributed by atoms with van der Waals surface area (Å²) in [6.07, 6.45) is 1.55. The van der Waals surface area contributed by atoms with Crippen molar-refractivity contribution in [3.63, 3.8) is 0 Å². The van der Waals surface area contributed by atoms with Crippen LogP contribution in [-0.2, 0) is 18.3 Å². The smallest absolute Gasteiger partial charge is 0.341 e. The Morgan fingerprint density at radius 2 is 2.05 bits per heavy atom. The number of carbonyl (C=O) groups excluding carboxylic acids is 1. The summed E-state index contributed by atoms with van der Waals surface area (Å²) >= 11 is 0. The van der Waals surface area contributed by atoms with Gasteiger partial charge in [-0.3, -0.25) is 9.36 Å². The van der Waals surface area contributed by atoms with Gasteiger partial charge in [0.15, 0.2) is 0 Å². The Kier molecular flexibility index (Phi) is 3.92. The molecule has 0 atom stereocenters. The molecule has 6 nitrogen and oxygen atoms in total. The maximum Gasteiger partial charge on any atom is 0.341 e. The molecule has 0 aliphatic carbocycles. The van der Waals surface area contributed by atoms with Crippen LogP contribution in [0.1, 0.15) is 39.9 Å². The maximum atomic E-state index is 11.9. The molecule has 0 saturated carbocycles. The number of aryl methyl sites for hydroxylation is 2. The van der Waals surface area contributed by atoms with Crippen molar-refractivity contribution < 1.29 is 9.53 Å². The second-order valence-electron chi connectivity index (χ2n) is 4.80. The first-order valence-electron chi connectivity index (χ1n) is 6.64. The van der Waals surface area contributed by atoms with Crippen molar-refractivity contribution >= 4 is 5.97 Å². The molecule has 2 rings (SSSR count). The molecule has 0 aliphatic rings. The molecule has 2 aromatic heterocycles. The summed E-state index contributed by atoms with van der Waals surface area (Å²) in [7, 11) is 1.82. The van der Waals surface area contributed by atoms with Crippen LogP contribution in [0.4, 0.5) is 0 Å². The third-order valence-electron chi connectivity index (χ3n) is 3.60. The summed E-state index contributed by atoms with van der Waals surface area (Å²) in [6, 6.07) is 0. The Balaban J connectivity index is 2.36. The predicted molar refractivity (Wildman–Crippen MR) is 74.7 cm³/mol. The van der Waals surface area contributed by atoms with Crippen LogP contribution in [0.3, 0.4) is 0 Å². The molecule has 0 spiro atoms. The Hall–Kier alpha value is -2.11. The van der Waals surface area contributed by atoms with E-state index < -0.39 is 0 Å². The topological polar surface area (TPSA) is 61.9 Å². The molecule has 0 radical (unpaired) electrons. The van der Waals surface area contributed by atoms with Crippen LogP contribution in [0.5, 0.6) is 0 Å². The summed E-state index contributed by atoms with van der Waals surface area (Å²) in [4.78, 5) is 11.9. The minimum Gasteiger partial charge on any atom is -0.462 e. The highest BCUT2D eigenvalue weighted by Gasteiger charge is 2.19. The lowest BCUT2D eigenvalue weighted by Crippen LogP contribution is -2.14. The summed E-state index contributed by atoms with van der Waals surface area (Å²) < 4.78 is 8.64. The highest BCUT2D eigenvalue weighted by Crippen LogP contribution is 2.16. The zero-order valence-electron chi connectivity index (χ0n) is 12.6. The Morgan fingerprint density at radius 1 is 1.35 bits per heavy atom. The number of hydrogen-bond donors (Lipinski definition) is 0. The molecule has 0 fully saturated rings. The third kappa shape index (κ3) is 2.45. The summed E-state index contributed by atoms with van der Waals surface area (Å²) in [5.41, 5.74) is 4.57. The number of nitrogens with zero attached hydrogens (tertiary/aromatic N) is 4. The minimum atomic E-state index is -0.339. The van der Waals surface area contributed by atoms with Gasteiger partial charge in [0, 0.05) is 12.7 Å². The molecule has 2 heterocycles. The number of ether oxygens (including phenoxy) is 1. The molecule has 108 valence electrons. The van der Waals surface area contributed by atoms with Crippen molar-refractivity contribution in [3.8, 4) is 0 Å². The minimum absolute atomic E-state index is 0.339. The van der Waals surface area contributed by atoms with Crippen LogP contribution in [0.15, 0.2) is 6.20 Å². The predicted octanol–water partition coefficient (Wildman–Crippen LogP) is 1.77. The average Bonchev–Trinajstić information content (AvgIpc) is 2.88. The van der Waals surface area contributed by atoms with Crippen LogP contribution in [0.25, 0.3) is 0 Å². The first-order chi connectivity index (χ1) is 9.45. The molecular weight excluding hydrogens is 256 g/mol. The van der Waals surface area contributed by atoms with Gasteiger partial charge < -0.3 is 4.74 Å². The van der Waals surface area contributed by atoms with Gasteiger partial charge in [-0.25, -0.2) is 4.79 Å². The van der Waals surface area contributed by atoms with Crippen molar-refractivity contribution in [2.45, 2.75) is 34.2 Å². The molecule has 20 heavy (non-hydrogen) atoms. The van der Waals surface area contributed by atoms with E-state index in [1.54, 1.807) is 17.8 Å². The lowest BCUT2D eigenvalue weighted by atomic mass is 10.2. The third-order valence-corrected chi connectivity index (χ3v) is 3.60. The van der Waals surface area contributed by atoms with Crippen LogP contribution in [0, 0.1) is 20.8 Å². The number of esters is 1. The fourth-order valence-electron chi connectivity index (χ4n) is 2.11. The maximum absolute atomic E-state index is 11.9. The van der Waals surface area contributed by atoms with Gasteiger partial charge in [0.05, 0.1) is 30.7 Å². The monoisotopic (exact) mass is 276 g/mol. The van der Waals surface area contributed by atoms with Gasteiger partial charge in [-0.1, -0.05) is 0 Å². The molecule has 2 aromatic rings. The van der Waals surface area contributed by atoms with Crippen molar-refractivity contribution in [2.24, 2.45) is 7.05 Å². The fraction of sp³-hybridized carbons (Fsp3) is 0.500. The molecular formula is C14H20N4O2. The molecule has 6 heteroatoms. The van der Waals surface area contributed by atoms with Gasteiger partial charge in [-0.15, -0.1) is 0 Å². The largest absolute Gasteiger partial charge is 0.462 e. The van der Waals surface area contributed by atoms with Crippen molar-refractivity contribution in [2.75, 3.05) is 6.61 Å². The van der Waals surface area contributed by atoms with E-state index in [0.717, 1.165) is 17.1 Å². The van der Waals surface area contributed by atoms with Crippen LogP contribution < -0.4 is 0 Å². The normalized spacial score (nSPS) is 10.8.